The SMILES string of the molecule is O=C(NCc1nccs1)NC[C@H]1CN(Cc2ccc(Cl)c(Cl)c2)CCO1. The van der Waals surface area contributed by atoms with Crippen LogP contribution < -0.4 is 10.6 Å². The lowest BCUT2D eigenvalue weighted by atomic mass is 10.2. The molecule has 1 saturated heterocycles. The minimum absolute atomic E-state index is 0.0443. The van der Waals surface area contributed by atoms with Gasteiger partial charge in [0, 0.05) is 37.8 Å². The molecule has 0 saturated carbocycles. The summed E-state index contributed by atoms with van der Waals surface area (Å²) in [5.74, 6) is 0. The number of carbonyl (C=O) groups excluding carboxylic acids is 1. The lowest BCUT2D eigenvalue weighted by Gasteiger charge is -2.33. The molecule has 0 bridgehead atoms. The molecular formula is C17H20Cl2N4O2S. The van der Waals surface area contributed by atoms with Gasteiger partial charge in [-0.2, -0.15) is 0 Å². The minimum Gasteiger partial charge on any atom is -0.374 e. The lowest BCUT2D eigenvalue weighted by molar-refractivity contribution is -0.0287. The maximum absolute atomic E-state index is 11.9. The number of aromatic nitrogens is 1. The number of morpholine rings is 1. The van der Waals surface area contributed by atoms with Crippen molar-refractivity contribution in [2.45, 2.75) is 19.2 Å². The molecule has 2 aromatic rings. The smallest absolute Gasteiger partial charge is 0.315 e. The third-order valence-corrected chi connectivity index (χ3v) is 5.51. The van der Waals surface area contributed by atoms with E-state index in [1.807, 2.05) is 23.6 Å². The van der Waals surface area contributed by atoms with Crippen molar-refractivity contribution < 1.29 is 9.53 Å². The molecule has 1 atom stereocenters. The van der Waals surface area contributed by atoms with Crippen molar-refractivity contribution in [1.82, 2.24) is 20.5 Å². The second-order valence-electron chi connectivity index (χ2n) is 5.97. The molecule has 0 radical (unpaired) electrons. The van der Waals surface area contributed by atoms with Gasteiger partial charge in [-0.3, -0.25) is 4.90 Å². The van der Waals surface area contributed by atoms with Crippen LogP contribution in [0.5, 0.6) is 0 Å². The maximum Gasteiger partial charge on any atom is 0.315 e. The van der Waals surface area contributed by atoms with Gasteiger partial charge in [-0.25, -0.2) is 9.78 Å². The third-order valence-electron chi connectivity index (χ3n) is 3.99. The van der Waals surface area contributed by atoms with Crippen LogP contribution in [0.3, 0.4) is 0 Å². The van der Waals surface area contributed by atoms with Crippen LogP contribution in [0, 0.1) is 0 Å². The Labute approximate surface area is 166 Å². The summed E-state index contributed by atoms with van der Waals surface area (Å²) >= 11 is 13.6. The van der Waals surface area contributed by atoms with Gasteiger partial charge in [0.15, 0.2) is 0 Å². The molecule has 6 nitrogen and oxygen atoms in total. The average molecular weight is 415 g/mol. The van der Waals surface area contributed by atoms with Crippen LogP contribution >= 0.6 is 34.5 Å². The van der Waals surface area contributed by atoms with E-state index in [4.69, 9.17) is 27.9 Å². The summed E-state index contributed by atoms with van der Waals surface area (Å²) in [5, 5.41) is 9.52. The van der Waals surface area contributed by atoms with Crippen LogP contribution in [0.15, 0.2) is 29.8 Å². The molecule has 0 spiro atoms. The van der Waals surface area contributed by atoms with Gasteiger partial charge in [-0.15, -0.1) is 11.3 Å². The van der Waals surface area contributed by atoms with E-state index in [1.165, 1.54) is 11.3 Å². The fraction of sp³-hybridized carbons (Fsp3) is 0.412. The maximum atomic E-state index is 11.9. The Hall–Kier alpha value is -1.38. The van der Waals surface area contributed by atoms with Crippen LogP contribution in [-0.4, -0.2) is 48.3 Å². The van der Waals surface area contributed by atoms with E-state index in [0.29, 0.717) is 29.7 Å². The molecule has 1 aliphatic heterocycles. The van der Waals surface area contributed by atoms with Crippen LogP contribution in [0.4, 0.5) is 4.79 Å². The highest BCUT2D eigenvalue weighted by Crippen LogP contribution is 2.23. The lowest BCUT2D eigenvalue weighted by Crippen LogP contribution is -2.48. The van der Waals surface area contributed by atoms with E-state index in [-0.39, 0.29) is 12.1 Å². The standard InChI is InChI=1S/C17H20Cl2N4O2S/c18-14-2-1-12(7-15(14)19)10-23-4-5-25-13(11-23)8-21-17(24)22-9-16-20-3-6-26-16/h1-3,6-7,13H,4-5,8-11H2,(H2,21,22,24)/t13-/m0/s1. The number of rotatable bonds is 6. The van der Waals surface area contributed by atoms with Gasteiger partial charge in [-0.05, 0) is 17.7 Å². The fourth-order valence-electron chi connectivity index (χ4n) is 2.71. The van der Waals surface area contributed by atoms with Crippen molar-refractivity contribution in [2.24, 2.45) is 0 Å². The first kappa shape index (κ1) is 19.4. The predicted molar refractivity (Wildman–Crippen MR) is 104 cm³/mol. The molecule has 2 N–H and O–H groups in total. The second-order valence-corrected chi connectivity index (χ2v) is 7.76. The van der Waals surface area contributed by atoms with Gasteiger partial charge in [0.25, 0.3) is 0 Å². The van der Waals surface area contributed by atoms with Crippen molar-refractivity contribution in [1.29, 1.82) is 0 Å². The molecule has 140 valence electrons. The Morgan fingerprint density at radius 2 is 2.23 bits per heavy atom. The van der Waals surface area contributed by atoms with Crippen molar-refractivity contribution in [3.05, 3.63) is 50.4 Å². The van der Waals surface area contributed by atoms with Crippen LogP contribution in [0.25, 0.3) is 0 Å². The number of carbonyl (C=O) groups is 1. The predicted octanol–water partition coefficient (Wildman–Crippen LogP) is 3.15. The highest BCUT2D eigenvalue weighted by molar-refractivity contribution is 7.09. The zero-order valence-corrected chi connectivity index (χ0v) is 16.4. The normalized spacial score (nSPS) is 17.8. The molecular weight excluding hydrogens is 395 g/mol. The van der Waals surface area contributed by atoms with Crippen molar-refractivity contribution in [2.75, 3.05) is 26.2 Å². The highest BCUT2D eigenvalue weighted by atomic mass is 35.5. The average Bonchev–Trinajstić information content (AvgIpc) is 3.15. The Morgan fingerprint density at radius 1 is 1.35 bits per heavy atom. The fourth-order valence-corrected chi connectivity index (χ4v) is 3.59. The van der Waals surface area contributed by atoms with Gasteiger partial charge in [0.05, 0.1) is 29.3 Å². The number of amides is 2. The molecule has 1 aliphatic rings. The second kappa shape index (κ2) is 9.53. The molecule has 3 rings (SSSR count). The molecule has 1 aromatic heterocycles. The number of nitrogens with one attached hydrogen (secondary N) is 2. The summed E-state index contributed by atoms with van der Waals surface area (Å²) in [6, 6.07) is 5.46. The summed E-state index contributed by atoms with van der Waals surface area (Å²) in [6.45, 7) is 3.88. The molecule has 2 heterocycles. The first-order valence-corrected chi connectivity index (χ1v) is 9.91. The molecule has 1 aromatic carbocycles. The molecule has 0 aliphatic carbocycles. The molecule has 0 unspecified atom stereocenters. The zero-order chi connectivity index (χ0) is 18.4. The van der Waals surface area contributed by atoms with Crippen molar-refractivity contribution >= 4 is 40.6 Å². The summed E-state index contributed by atoms with van der Waals surface area (Å²) in [7, 11) is 0. The number of halogens is 2. The van der Waals surface area contributed by atoms with Crippen molar-refractivity contribution in [3.63, 3.8) is 0 Å². The van der Waals surface area contributed by atoms with E-state index in [0.717, 1.165) is 30.2 Å². The van der Waals surface area contributed by atoms with Gasteiger partial charge in [-0.1, -0.05) is 29.3 Å². The first-order chi connectivity index (χ1) is 12.6. The molecule has 9 heteroatoms. The quantitative estimate of drug-likeness (QED) is 0.761. The van der Waals surface area contributed by atoms with E-state index in [2.05, 4.69) is 20.5 Å². The molecule has 1 fully saturated rings. The van der Waals surface area contributed by atoms with Gasteiger partial charge in [0.1, 0.15) is 5.01 Å². The monoisotopic (exact) mass is 414 g/mol. The summed E-state index contributed by atoms with van der Waals surface area (Å²) in [6.07, 6.45) is 1.68. The van der Waals surface area contributed by atoms with Crippen LogP contribution in [-0.2, 0) is 17.8 Å². The van der Waals surface area contributed by atoms with Gasteiger partial charge in [0.2, 0.25) is 0 Å². The Balaban J connectivity index is 1.41. The zero-order valence-electron chi connectivity index (χ0n) is 14.1. The summed E-state index contributed by atoms with van der Waals surface area (Å²) in [5.41, 5.74) is 1.11. The van der Waals surface area contributed by atoms with E-state index in [1.54, 1.807) is 6.20 Å². The number of hydrogen-bond donors (Lipinski definition) is 2. The largest absolute Gasteiger partial charge is 0.374 e. The number of urea groups is 1. The van der Waals surface area contributed by atoms with E-state index < -0.39 is 0 Å². The summed E-state index contributed by atoms with van der Waals surface area (Å²) < 4.78 is 5.75. The van der Waals surface area contributed by atoms with Crippen LogP contribution in [0.1, 0.15) is 10.6 Å². The number of hydrogen-bond acceptors (Lipinski definition) is 5. The topological polar surface area (TPSA) is 66.5 Å². The molecule has 26 heavy (non-hydrogen) atoms. The Bertz CT molecular complexity index is 730. The number of benzene rings is 1. The highest BCUT2D eigenvalue weighted by Gasteiger charge is 2.21. The Morgan fingerprint density at radius 3 is 3.00 bits per heavy atom. The molecule has 2 amide bonds. The van der Waals surface area contributed by atoms with Crippen molar-refractivity contribution in [3.8, 4) is 0 Å². The number of nitrogens with zero attached hydrogens (tertiary/aromatic N) is 2. The number of ether oxygens (including phenoxy) is 1. The van der Waals surface area contributed by atoms with Gasteiger partial charge >= 0.3 is 6.03 Å². The first-order valence-electron chi connectivity index (χ1n) is 8.28. The summed E-state index contributed by atoms with van der Waals surface area (Å²) in [4.78, 5) is 18.3. The number of thiazole rings is 1. The minimum atomic E-state index is -0.217. The van der Waals surface area contributed by atoms with E-state index in [9.17, 15) is 4.79 Å². The van der Waals surface area contributed by atoms with Gasteiger partial charge < -0.3 is 15.4 Å². The third kappa shape index (κ3) is 5.82. The Kier molecular flexibility index (Phi) is 7.10. The van der Waals surface area contributed by atoms with E-state index >= 15 is 0 Å². The van der Waals surface area contributed by atoms with Crippen LogP contribution in [0.2, 0.25) is 10.0 Å².